The largest absolute Gasteiger partial charge is 0.330 e. The van der Waals surface area contributed by atoms with Crippen LogP contribution in [0.15, 0.2) is 15.7 Å². The summed E-state index contributed by atoms with van der Waals surface area (Å²) < 4.78 is 26.9. The van der Waals surface area contributed by atoms with E-state index in [9.17, 15) is 8.42 Å². The maximum absolute atomic E-state index is 11.9. The molecule has 92 valence electrons. The molecule has 0 amide bonds. The highest BCUT2D eigenvalue weighted by molar-refractivity contribution is 7.91. The predicted octanol–water partition coefficient (Wildman–Crippen LogP) is 1.32. The molecule has 0 aromatic carbocycles. The van der Waals surface area contributed by atoms with E-state index < -0.39 is 10.0 Å². The van der Waals surface area contributed by atoms with E-state index >= 15 is 0 Å². The summed E-state index contributed by atoms with van der Waals surface area (Å²) in [6.45, 7) is 6.44. The minimum absolute atomic E-state index is 0.224. The fraction of sp³-hybridized carbons (Fsp3) is 0.600. The molecule has 4 nitrogen and oxygen atoms in total. The van der Waals surface area contributed by atoms with Crippen molar-refractivity contribution in [2.24, 2.45) is 11.1 Å². The van der Waals surface area contributed by atoms with Gasteiger partial charge in [0.2, 0.25) is 10.0 Å². The molecule has 6 heteroatoms. The molecule has 0 aliphatic carbocycles. The van der Waals surface area contributed by atoms with E-state index in [1.54, 1.807) is 18.4 Å². The molecule has 0 aliphatic rings. The quantitative estimate of drug-likeness (QED) is 0.840. The molecular formula is C10H18N2O2S2. The van der Waals surface area contributed by atoms with Crippen LogP contribution < -0.4 is 10.5 Å². The van der Waals surface area contributed by atoms with Crippen LogP contribution in [0.4, 0.5) is 0 Å². The summed E-state index contributed by atoms with van der Waals surface area (Å²) in [5.74, 6) is 0. The molecule has 1 aromatic rings. The van der Waals surface area contributed by atoms with E-state index in [4.69, 9.17) is 5.73 Å². The Morgan fingerprint density at radius 2 is 2.12 bits per heavy atom. The van der Waals surface area contributed by atoms with Crippen LogP contribution in [0.2, 0.25) is 0 Å². The zero-order chi connectivity index (χ0) is 12.4. The van der Waals surface area contributed by atoms with E-state index in [1.165, 1.54) is 11.3 Å². The van der Waals surface area contributed by atoms with Crippen molar-refractivity contribution in [1.29, 1.82) is 0 Å². The van der Waals surface area contributed by atoms with Crippen molar-refractivity contribution in [1.82, 2.24) is 4.72 Å². The first-order valence-corrected chi connectivity index (χ1v) is 7.39. The summed E-state index contributed by atoms with van der Waals surface area (Å²) in [5, 5.41) is 1.78. The van der Waals surface area contributed by atoms with Gasteiger partial charge < -0.3 is 5.73 Å². The topological polar surface area (TPSA) is 72.2 Å². The molecule has 0 atom stereocenters. The lowest BCUT2D eigenvalue weighted by atomic mass is 9.95. The van der Waals surface area contributed by atoms with Gasteiger partial charge >= 0.3 is 0 Å². The molecule has 0 fully saturated rings. The van der Waals surface area contributed by atoms with Gasteiger partial charge in [0, 0.05) is 6.54 Å². The summed E-state index contributed by atoms with van der Waals surface area (Å²) in [6.07, 6.45) is 0. The van der Waals surface area contributed by atoms with Crippen LogP contribution >= 0.6 is 11.3 Å². The number of hydrogen-bond acceptors (Lipinski definition) is 4. The van der Waals surface area contributed by atoms with E-state index in [0.29, 0.717) is 17.3 Å². The van der Waals surface area contributed by atoms with Crippen molar-refractivity contribution < 1.29 is 8.42 Å². The average Bonchev–Trinajstić information content (AvgIpc) is 2.63. The first-order chi connectivity index (χ1) is 7.28. The number of rotatable bonds is 5. The van der Waals surface area contributed by atoms with Crippen molar-refractivity contribution >= 4 is 21.4 Å². The third-order valence-corrected chi connectivity index (χ3v) is 5.44. The van der Waals surface area contributed by atoms with Crippen LogP contribution in [0, 0.1) is 12.3 Å². The molecule has 1 heterocycles. The van der Waals surface area contributed by atoms with Crippen LogP contribution in [-0.4, -0.2) is 21.5 Å². The predicted molar refractivity (Wildman–Crippen MR) is 67.1 cm³/mol. The van der Waals surface area contributed by atoms with Gasteiger partial charge in [0.25, 0.3) is 0 Å². The van der Waals surface area contributed by atoms with E-state index in [0.717, 1.165) is 5.56 Å². The Hall–Kier alpha value is -0.430. The zero-order valence-corrected chi connectivity index (χ0v) is 11.4. The van der Waals surface area contributed by atoms with Gasteiger partial charge in [-0.05, 0) is 35.9 Å². The van der Waals surface area contributed by atoms with Crippen molar-refractivity contribution in [3.63, 3.8) is 0 Å². The van der Waals surface area contributed by atoms with Gasteiger partial charge in [-0.15, -0.1) is 11.3 Å². The van der Waals surface area contributed by atoms with E-state index in [1.807, 2.05) is 13.8 Å². The third-order valence-electron chi connectivity index (χ3n) is 2.35. The molecule has 0 aliphatic heterocycles. The fourth-order valence-corrected chi connectivity index (χ4v) is 3.77. The van der Waals surface area contributed by atoms with Crippen LogP contribution in [-0.2, 0) is 10.0 Å². The summed E-state index contributed by atoms with van der Waals surface area (Å²) in [4.78, 5) is 0. The van der Waals surface area contributed by atoms with Gasteiger partial charge in [-0.25, -0.2) is 13.1 Å². The van der Waals surface area contributed by atoms with Crippen molar-refractivity contribution in [2.75, 3.05) is 13.1 Å². The highest BCUT2D eigenvalue weighted by atomic mass is 32.2. The second-order valence-electron chi connectivity index (χ2n) is 4.58. The summed E-state index contributed by atoms with van der Waals surface area (Å²) in [5.41, 5.74) is 6.11. The first kappa shape index (κ1) is 13.6. The Bertz CT molecular complexity index is 449. The highest BCUT2D eigenvalue weighted by Gasteiger charge is 2.22. The molecule has 1 aromatic heterocycles. The third kappa shape index (κ3) is 3.28. The molecule has 0 spiro atoms. The van der Waals surface area contributed by atoms with Gasteiger partial charge in [-0.1, -0.05) is 13.8 Å². The van der Waals surface area contributed by atoms with Crippen LogP contribution in [0.1, 0.15) is 19.4 Å². The fourth-order valence-electron chi connectivity index (χ4n) is 1.06. The second kappa shape index (κ2) is 4.83. The standard InChI is InChI=1S/C10H18N2O2S2/c1-8-4-5-15-9(8)16(13,14)12-7-10(2,3)6-11/h4-5,12H,6-7,11H2,1-3H3. The van der Waals surface area contributed by atoms with Gasteiger partial charge in [-0.2, -0.15) is 0 Å². The lowest BCUT2D eigenvalue weighted by Crippen LogP contribution is -2.38. The van der Waals surface area contributed by atoms with E-state index in [2.05, 4.69) is 4.72 Å². The molecule has 0 saturated heterocycles. The molecule has 1 rings (SSSR count). The Kier molecular flexibility index (Phi) is 4.12. The Labute approximate surface area is 101 Å². The number of sulfonamides is 1. The van der Waals surface area contributed by atoms with Crippen molar-refractivity contribution in [3.8, 4) is 0 Å². The van der Waals surface area contributed by atoms with Crippen LogP contribution in [0.3, 0.4) is 0 Å². The highest BCUT2D eigenvalue weighted by Crippen LogP contribution is 2.22. The number of nitrogens with one attached hydrogen (secondary N) is 1. The van der Waals surface area contributed by atoms with Crippen LogP contribution in [0.25, 0.3) is 0 Å². The van der Waals surface area contributed by atoms with Gasteiger partial charge in [-0.3, -0.25) is 0 Å². The van der Waals surface area contributed by atoms with Crippen LogP contribution in [0.5, 0.6) is 0 Å². The molecule has 0 radical (unpaired) electrons. The minimum Gasteiger partial charge on any atom is -0.330 e. The Morgan fingerprint density at radius 1 is 1.50 bits per heavy atom. The molecule has 16 heavy (non-hydrogen) atoms. The number of hydrogen-bond donors (Lipinski definition) is 2. The molecule has 0 bridgehead atoms. The lowest BCUT2D eigenvalue weighted by Gasteiger charge is -2.22. The maximum atomic E-state index is 11.9. The monoisotopic (exact) mass is 262 g/mol. The number of aryl methyl sites for hydroxylation is 1. The minimum atomic E-state index is -3.38. The maximum Gasteiger partial charge on any atom is 0.250 e. The summed E-state index contributed by atoms with van der Waals surface area (Å²) in [6, 6.07) is 1.80. The normalized spacial score (nSPS) is 13.0. The van der Waals surface area contributed by atoms with Crippen molar-refractivity contribution in [2.45, 2.75) is 25.0 Å². The van der Waals surface area contributed by atoms with Gasteiger partial charge in [0.1, 0.15) is 4.21 Å². The SMILES string of the molecule is Cc1ccsc1S(=O)(=O)NCC(C)(C)CN. The number of nitrogens with two attached hydrogens (primary N) is 1. The Balaban J connectivity index is 2.79. The summed E-state index contributed by atoms with van der Waals surface area (Å²) >= 11 is 1.23. The molecule has 0 saturated carbocycles. The summed E-state index contributed by atoms with van der Waals surface area (Å²) in [7, 11) is -3.38. The first-order valence-electron chi connectivity index (χ1n) is 5.02. The second-order valence-corrected chi connectivity index (χ2v) is 7.46. The average molecular weight is 262 g/mol. The van der Waals surface area contributed by atoms with Crippen molar-refractivity contribution in [3.05, 3.63) is 17.0 Å². The van der Waals surface area contributed by atoms with Gasteiger partial charge in [0.05, 0.1) is 0 Å². The lowest BCUT2D eigenvalue weighted by molar-refractivity contribution is 0.376. The molecule has 3 N–H and O–H groups in total. The van der Waals surface area contributed by atoms with Gasteiger partial charge in [0.15, 0.2) is 0 Å². The molecule has 0 unspecified atom stereocenters. The number of thiophene rings is 1. The van der Waals surface area contributed by atoms with E-state index in [-0.39, 0.29) is 5.41 Å². The smallest absolute Gasteiger partial charge is 0.250 e. The zero-order valence-electron chi connectivity index (χ0n) is 9.78. The molecular weight excluding hydrogens is 244 g/mol. The Morgan fingerprint density at radius 3 is 2.56 bits per heavy atom.